The van der Waals surface area contributed by atoms with Crippen LogP contribution in [0.4, 0.5) is 0 Å². The number of unbranched alkanes of at least 4 members (excludes halogenated alkanes) is 28. The average Bonchev–Trinajstić information content (AvgIpc) is 3.18. The molecule has 0 saturated carbocycles. The van der Waals surface area contributed by atoms with Crippen molar-refractivity contribution in [2.75, 3.05) is 19.8 Å². The predicted octanol–water partition coefficient (Wildman–Crippen LogP) is 9.78. The fraction of sp³-hybridized carbons (Fsp3) is 0.956. The first-order valence-electron chi connectivity index (χ1n) is 23.1. The highest BCUT2D eigenvalue weighted by Crippen LogP contribution is 2.23. The van der Waals surface area contributed by atoms with Crippen molar-refractivity contribution in [3.8, 4) is 0 Å². The quantitative estimate of drug-likeness (QED) is 0.0350. The topological polar surface area (TPSA) is 152 Å². The predicted molar refractivity (Wildman–Crippen MR) is 220 cm³/mol. The minimum absolute atomic E-state index is 0.209. The molecule has 1 aliphatic heterocycles. The van der Waals surface area contributed by atoms with Crippen LogP contribution in [0.1, 0.15) is 219 Å². The van der Waals surface area contributed by atoms with Gasteiger partial charge in [0, 0.05) is 12.8 Å². The van der Waals surface area contributed by atoms with Crippen LogP contribution >= 0.6 is 0 Å². The summed E-state index contributed by atoms with van der Waals surface area (Å²) >= 11 is 0. The zero-order valence-corrected chi connectivity index (χ0v) is 35.5. The van der Waals surface area contributed by atoms with Gasteiger partial charge in [-0.15, -0.1) is 0 Å². The Morgan fingerprint density at radius 1 is 0.491 bits per heavy atom. The molecule has 326 valence electrons. The van der Waals surface area contributed by atoms with E-state index in [-0.39, 0.29) is 32.0 Å². The van der Waals surface area contributed by atoms with Crippen LogP contribution in [-0.2, 0) is 28.5 Å². The van der Waals surface area contributed by atoms with Gasteiger partial charge >= 0.3 is 11.9 Å². The summed E-state index contributed by atoms with van der Waals surface area (Å²) in [5.41, 5.74) is 0. The van der Waals surface area contributed by atoms with Gasteiger partial charge in [0.05, 0.1) is 13.2 Å². The third-order valence-corrected chi connectivity index (χ3v) is 11.0. The van der Waals surface area contributed by atoms with Crippen molar-refractivity contribution in [1.82, 2.24) is 0 Å². The molecule has 10 nitrogen and oxygen atoms in total. The average molecular weight is 787 g/mol. The number of carbonyl (C=O) groups is 2. The van der Waals surface area contributed by atoms with E-state index in [9.17, 15) is 30.0 Å². The maximum absolute atomic E-state index is 12.8. The molecule has 0 bridgehead atoms. The van der Waals surface area contributed by atoms with Crippen molar-refractivity contribution < 1.29 is 49.0 Å². The van der Waals surface area contributed by atoms with Crippen molar-refractivity contribution >= 4 is 11.9 Å². The first-order chi connectivity index (χ1) is 26.8. The van der Waals surface area contributed by atoms with Crippen LogP contribution in [-0.4, -0.2) is 89.0 Å². The normalized spacial score (nSPS) is 20.4. The fourth-order valence-electron chi connectivity index (χ4n) is 7.31. The van der Waals surface area contributed by atoms with Crippen molar-refractivity contribution in [1.29, 1.82) is 0 Å². The third kappa shape index (κ3) is 28.7. The van der Waals surface area contributed by atoms with Crippen LogP contribution in [0.3, 0.4) is 0 Å². The summed E-state index contributed by atoms with van der Waals surface area (Å²) < 4.78 is 22.2. The van der Waals surface area contributed by atoms with E-state index in [0.717, 1.165) is 38.5 Å². The van der Waals surface area contributed by atoms with Gasteiger partial charge in [0.1, 0.15) is 31.0 Å². The number of hydrogen-bond acceptors (Lipinski definition) is 10. The highest BCUT2D eigenvalue weighted by Gasteiger charge is 2.44. The standard InChI is InChI=1S/C45H86O10/c1-3-5-7-9-11-13-15-17-19-21-23-25-27-29-31-33-40(47)52-36-38(37-53-45-44(51)43(50)42(49)39(35-46)55-45)54-41(48)34-32-30-28-26-24-22-20-18-16-14-12-10-8-6-4-2/h38-39,42-46,49-51H,3-37H2,1-2H3/t38-,39-,42+,43?,44?,45-/m0/s1. The Hall–Kier alpha value is -1.30. The summed E-state index contributed by atoms with van der Waals surface area (Å²) in [7, 11) is 0. The van der Waals surface area contributed by atoms with Gasteiger partial charge < -0.3 is 39.4 Å². The first-order valence-corrected chi connectivity index (χ1v) is 23.1. The van der Waals surface area contributed by atoms with Crippen molar-refractivity contribution in [2.45, 2.75) is 256 Å². The number of esters is 2. The van der Waals surface area contributed by atoms with Gasteiger partial charge in [-0.25, -0.2) is 0 Å². The molecule has 1 fully saturated rings. The molecular weight excluding hydrogens is 700 g/mol. The van der Waals surface area contributed by atoms with Gasteiger partial charge in [0.25, 0.3) is 0 Å². The zero-order valence-electron chi connectivity index (χ0n) is 35.5. The molecule has 0 aromatic carbocycles. The van der Waals surface area contributed by atoms with Crippen molar-refractivity contribution in [3.05, 3.63) is 0 Å². The summed E-state index contributed by atoms with van der Waals surface area (Å²) in [4.78, 5) is 25.3. The minimum Gasteiger partial charge on any atom is -0.462 e. The molecule has 0 aromatic heterocycles. The second-order valence-corrected chi connectivity index (χ2v) is 16.2. The Balaban J connectivity index is 2.30. The number of aliphatic hydroxyl groups is 4. The molecule has 1 rings (SSSR count). The van der Waals surface area contributed by atoms with Crippen molar-refractivity contribution in [3.63, 3.8) is 0 Å². The lowest BCUT2D eigenvalue weighted by Gasteiger charge is -2.39. The van der Waals surface area contributed by atoms with E-state index in [4.69, 9.17) is 18.9 Å². The molecule has 10 heteroatoms. The Labute approximate surface area is 336 Å². The van der Waals surface area contributed by atoms with E-state index < -0.39 is 49.4 Å². The van der Waals surface area contributed by atoms with Gasteiger partial charge in [0.2, 0.25) is 0 Å². The molecule has 2 unspecified atom stereocenters. The lowest BCUT2D eigenvalue weighted by molar-refractivity contribution is -0.305. The molecule has 0 spiro atoms. The molecule has 4 N–H and O–H groups in total. The Kier molecular flexibility index (Phi) is 34.8. The summed E-state index contributed by atoms with van der Waals surface area (Å²) in [5, 5.41) is 40.1. The second kappa shape index (κ2) is 37.0. The molecule has 6 atom stereocenters. The van der Waals surface area contributed by atoms with Gasteiger partial charge in [0.15, 0.2) is 12.4 Å². The van der Waals surface area contributed by atoms with E-state index in [1.807, 2.05) is 0 Å². The number of hydrogen-bond donors (Lipinski definition) is 4. The lowest BCUT2D eigenvalue weighted by Crippen LogP contribution is -2.59. The van der Waals surface area contributed by atoms with E-state index in [1.165, 1.54) is 148 Å². The summed E-state index contributed by atoms with van der Waals surface area (Å²) in [6.45, 7) is 3.46. The number of ether oxygens (including phenoxy) is 4. The molecule has 55 heavy (non-hydrogen) atoms. The fourth-order valence-corrected chi connectivity index (χ4v) is 7.31. The van der Waals surface area contributed by atoms with E-state index in [0.29, 0.717) is 6.42 Å². The molecule has 0 amide bonds. The van der Waals surface area contributed by atoms with Crippen LogP contribution in [0.15, 0.2) is 0 Å². The van der Waals surface area contributed by atoms with Gasteiger partial charge in [-0.05, 0) is 12.8 Å². The Bertz CT molecular complexity index is 871. The number of aliphatic hydroxyl groups excluding tert-OH is 4. The summed E-state index contributed by atoms with van der Waals surface area (Å²) in [6, 6.07) is 0. The van der Waals surface area contributed by atoms with Crippen LogP contribution in [0.5, 0.6) is 0 Å². The lowest BCUT2D eigenvalue weighted by atomic mass is 9.99. The van der Waals surface area contributed by atoms with Crippen LogP contribution in [0.2, 0.25) is 0 Å². The zero-order chi connectivity index (χ0) is 40.2. The van der Waals surface area contributed by atoms with Gasteiger partial charge in [-0.2, -0.15) is 0 Å². The second-order valence-electron chi connectivity index (χ2n) is 16.2. The van der Waals surface area contributed by atoms with Crippen LogP contribution in [0, 0.1) is 0 Å². The molecule has 0 aromatic rings. The smallest absolute Gasteiger partial charge is 0.306 e. The van der Waals surface area contributed by atoms with E-state index >= 15 is 0 Å². The van der Waals surface area contributed by atoms with Crippen LogP contribution in [0.25, 0.3) is 0 Å². The van der Waals surface area contributed by atoms with E-state index in [1.54, 1.807) is 0 Å². The monoisotopic (exact) mass is 787 g/mol. The van der Waals surface area contributed by atoms with Crippen molar-refractivity contribution in [2.24, 2.45) is 0 Å². The molecule has 0 radical (unpaired) electrons. The van der Waals surface area contributed by atoms with Gasteiger partial charge in [-0.3, -0.25) is 9.59 Å². The highest BCUT2D eigenvalue weighted by molar-refractivity contribution is 5.70. The van der Waals surface area contributed by atoms with E-state index in [2.05, 4.69) is 13.8 Å². The largest absolute Gasteiger partial charge is 0.462 e. The number of carbonyl (C=O) groups excluding carboxylic acids is 2. The molecule has 0 aliphatic carbocycles. The minimum atomic E-state index is -1.59. The molecule has 1 aliphatic rings. The third-order valence-electron chi connectivity index (χ3n) is 11.0. The maximum atomic E-state index is 12.8. The first kappa shape index (κ1) is 51.7. The maximum Gasteiger partial charge on any atom is 0.306 e. The molecule has 1 heterocycles. The summed E-state index contributed by atoms with van der Waals surface area (Å²) in [5.74, 6) is -0.790. The Morgan fingerprint density at radius 2 is 0.855 bits per heavy atom. The summed E-state index contributed by atoms with van der Waals surface area (Å²) in [6.07, 6.45) is 29.6. The highest BCUT2D eigenvalue weighted by atomic mass is 16.7. The van der Waals surface area contributed by atoms with Gasteiger partial charge in [-0.1, -0.05) is 194 Å². The Morgan fingerprint density at radius 3 is 1.24 bits per heavy atom. The van der Waals surface area contributed by atoms with Crippen LogP contribution < -0.4 is 0 Å². The molecular formula is C45H86O10. The SMILES string of the molecule is CCCCCCCCCCCCCCCCCC(=O)OC[C@@H](CO[C@H]1O[C@@H](CO)[C@@H](O)C(O)C1O)OC(=O)CCCCCCCCCCCCCCCCC. The number of rotatable bonds is 39. The molecule has 1 saturated heterocycles.